The van der Waals surface area contributed by atoms with Gasteiger partial charge in [-0.2, -0.15) is 0 Å². The van der Waals surface area contributed by atoms with Crippen molar-refractivity contribution in [3.05, 3.63) is 0 Å². The van der Waals surface area contributed by atoms with E-state index in [1.807, 2.05) is 0 Å². The summed E-state index contributed by atoms with van der Waals surface area (Å²) < 4.78 is 0. The van der Waals surface area contributed by atoms with Crippen molar-refractivity contribution in [3.63, 3.8) is 0 Å². The molecule has 0 aromatic rings. The number of Topliss-reactive ketones (excluding diaryl/α,β-unsaturated/α-hetero) is 1. The van der Waals surface area contributed by atoms with Gasteiger partial charge in [0.25, 0.3) is 0 Å². The van der Waals surface area contributed by atoms with Gasteiger partial charge in [-0.3, -0.25) is 20.0 Å². The van der Waals surface area contributed by atoms with E-state index in [9.17, 15) is 4.79 Å². The predicted octanol–water partition coefficient (Wildman–Crippen LogP) is 0.428. The Morgan fingerprint density at radius 1 is 1.56 bits per heavy atom. The maximum atomic E-state index is 11.5. The summed E-state index contributed by atoms with van der Waals surface area (Å²) in [6.07, 6.45) is 3.71. The Labute approximate surface area is 96.1 Å². The van der Waals surface area contributed by atoms with Crippen LogP contribution >= 0.6 is 0 Å². The summed E-state index contributed by atoms with van der Waals surface area (Å²) in [4.78, 5) is 18.4. The van der Waals surface area contributed by atoms with Gasteiger partial charge in [0.2, 0.25) is 0 Å². The van der Waals surface area contributed by atoms with E-state index in [1.54, 1.807) is 6.92 Å². The van der Waals surface area contributed by atoms with Crippen LogP contribution < -0.4 is 5.32 Å². The highest BCUT2D eigenvalue weighted by Crippen LogP contribution is 2.36. The lowest BCUT2D eigenvalue weighted by molar-refractivity contribution is -0.121. The lowest BCUT2D eigenvalue weighted by atomic mass is 9.93. The van der Waals surface area contributed by atoms with Crippen LogP contribution in [0.15, 0.2) is 4.99 Å². The highest BCUT2D eigenvalue weighted by molar-refractivity contribution is 5.96. The Morgan fingerprint density at radius 2 is 2.38 bits per heavy atom. The fourth-order valence-electron chi connectivity index (χ4n) is 3.49. The first-order valence-corrected chi connectivity index (χ1v) is 6.21. The van der Waals surface area contributed by atoms with E-state index in [4.69, 9.17) is 0 Å². The minimum atomic E-state index is 0.0908. The van der Waals surface area contributed by atoms with Gasteiger partial charge >= 0.3 is 0 Å². The fourth-order valence-corrected chi connectivity index (χ4v) is 3.49. The third-order valence-corrected chi connectivity index (χ3v) is 4.31. The lowest BCUT2D eigenvalue weighted by Crippen LogP contribution is -2.45. The first kappa shape index (κ1) is 10.4. The molecule has 0 bridgehead atoms. The first-order valence-electron chi connectivity index (χ1n) is 6.21. The Bertz CT molecular complexity index is 352. The van der Waals surface area contributed by atoms with Crippen molar-refractivity contribution in [1.29, 1.82) is 0 Å². The topological polar surface area (TPSA) is 44.7 Å². The van der Waals surface area contributed by atoms with E-state index in [-0.39, 0.29) is 11.8 Å². The number of rotatable bonds is 1. The molecule has 0 aromatic heterocycles. The van der Waals surface area contributed by atoms with E-state index in [0.717, 1.165) is 13.0 Å². The third kappa shape index (κ3) is 1.36. The molecule has 4 atom stereocenters. The summed E-state index contributed by atoms with van der Waals surface area (Å²) in [5, 5.41) is 3.63. The molecule has 0 saturated carbocycles. The van der Waals surface area contributed by atoms with E-state index >= 15 is 0 Å². The van der Waals surface area contributed by atoms with Crippen LogP contribution in [0.25, 0.3) is 0 Å². The van der Waals surface area contributed by atoms with Crippen molar-refractivity contribution in [2.24, 2.45) is 10.9 Å². The highest BCUT2D eigenvalue weighted by atomic mass is 16.1. The smallest absolute Gasteiger partial charge is 0.146 e. The van der Waals surface area contributed by atoms with Crippen LogP contribution in [-0.4, -0.2) is 48.2 Å². The average molecular weight is 221 g/mol. The third-order valence-electron chi connectivity index (χ3n) is 4.31. The molecule has 0 radical (unpaired) electrons. The number of fused-ring (bicyclic) bond motifs is 3. The maximum Gasteiger partial charge on any atom is 0.146 e. The van der Waals surface area contributed by atoms with E-state index in [1.165, 1.54) is 18.6 Å². The SMILES string of the molecule is CC(=O)C1CC2C3=NCCCC3NC2N1C. The molecule has 2 saturated heterocycles. The van der Waals surface area contributed by atoms with Gasteiger partial charge in [0.15, 0.2) is 0 Å². The largest absolute Gasteiger partial charge is 0.298 e. The number of hydrogen-bond donors (Lipinski definition) is 1. The molecule has 4 nitrogen and oxygen atoms in total. The number of ketones is 1. The van der Waals surface area contributed by atoms with E-state index in [2.05, 4.69) is 22.3 Å². The minimum absolute atomic E-state index is 0.0908. The summed E-state index contributed by atoms with van der Waals surface area (Å²) in [6, 6.07) is 0.576. The minimum Gasteiger partial charge on any atom is -0.298 e. The summed E-state index contributed by atoms with van der Waals surface area (Å²) >= 11 is 0. The van der Waals surface area contributed by atoms with Crippen LogP contribution in [0.5, 0.6) is 0 Å². The Hall–Kier alpha value is -0.740. The van der Waals surface area contributed by atoms with Crippen molar-refractivity contribution in [2.75, 3.05) is 13.6 Å². The Kier molecular flexibility index (Phi) is 2.37. The molecule has 2 fully saturated rings. The second kappa shape index (κ2) is 3.64. The molecular weight excluding hydrogens is 202 g/mol. The molecule has 0 aliphatic carbocycles. The first-order chi connectivity index (χ1) is 7.68. The van der Waals surface area contributed by atoms with Crippen molar-refractivity contribution in [3.8, 4) is 0 Å². The summed E-state index contributed by atoms with van der Waals surface area (Å²) in [5.74, 6) is 0.760. The molecule has 3 heterocycles. The normalized spacial score (nSPS) is 42.8. The fraction of sp³-hybridized carbons (Fsp3) is 0.833. The van der Waals surface area contributed by atoms with Crippen LogP contribution in [-0.2, 0) is 4.79 Å². The average Bonchev–Trinajstić information content (AvgIpc) is 2.76. The van der Waals surface area contributed by atoms with Gasteiger partial charge in [-0.05, 0) is 33.2 Å². The summed E-state index contributed by atoms with van der Waals surface area (Å²) in [7, 11) is 2.06. The number of aliphatic imine (C=N–C) groups is 1. The summed E-state index contributed by atoms with van der Waals surface area (Å²) in [5.41, 5.74) is 1.34. The lowest BCUT2D eigenvalue weighted by Gasteiger charge is -2.25. The number of carbonyl (C=O) groups is 1. The van der Waals surface area contributed by atoms with Gasteiger partial charge in [0.1, 0.15) is 5.78 Å². The molecule has 16 heavy (non-hydrogen) atoms. The Morgan fingerprint density at radius 3 is 3.12 bits per heavy atom. The van der Waals surface area contributed by atoms with Gasteiger partial charge in [-0.25, -0.2) is 0 Å². The number of nitrogens with one attached hydrogen (secondary N) is 1. The summed E-state index contributed by atoms with van der Waals surface area (Å²) in [6.45, 7) is 2.67. The monoisotopic (exact) mass is 221 g/mol. The van der Waals surface area contributed by atoms with Crippen molar-refractivity contribution in [1.82, 2.24) is 10.2 Å². The predicted molar refractivity (Wildman–Crippen MR) is 62.6 cm³/mol. The van der Waals surface area contributed by atoms with Crippen molar-refractivity contribution < 1.29 is 4.79 Å². The molecule has 88 valence electrons. The second-order valence-corrected chi connectivity index (χ2v) is 5.25. The zero-order chi connectivity index (χ0) is 11.3. The van der Waals surface area contributed by atoms with Gasteiger partial charge < -0.3 is 0 Å². The van der Waals surface area contributed by atoms with E-state index in [0.29, 0.717) is 18.1 Å². The molecule has 3 aliphatic heterocycles. The molecule has 1 N–H and O–H groups in total. The molecule has 0 spiro atoms. The number of hydrogen-bond acceptors (Lipinski definition) is 4. The van der Waals surface area contributed by atoms with E-state index < -0.39 is 0 Å². The van der Waals surface area contributed by atoms with Crippen LogP contribution in [0.1, 0.15) is 26.2 Å². The zero-order valence-corrected chi connectivity index (χ0v) is 9.94. The van der Waals surface area contributed by atoms with Crippen LogP contribution in [0.3, 0.4) is 0 Å². The van der Waals surface area contributed by atoms with Gasteiger partial charge in [-0.15, -0.1) is 0 Å². The molecular formula is C12H19N3O. The standard InChI is InChI=1S/C12H19N3O/c1-7(16)10-6-8-11-9(4-3-5-13-11)14-12(8)15(10)2/h8-10,12,14H,3-6H2,1-2H3. The molecule has 0 aromatic carbocycles. The van der Waals surface area contributed by atoms with Crippen molar-refractivity contribution in [2.45, 2.75) is 44.4 Å². The number of likely N-dealkylation sites (N-methyl/N-ethyl adjacent to an activating group) is 1. The zero-order valence-electron chi connectivity index (χ0n) is 9.94. The molecule has 0 amide bonds. The molecule has 3 rings (SSSR count). The van der Waals surface area contributed by atoms with Crippen LogP contribution in [0.4, 0.5) is 0 Å². The number of likely N-dealkylation sites (tertiary alicyclic amines) is 1. The maximum absolute atomic E-state index is 11.5. The van der Waals surface area contributed by atoms with Crippen LogP contribution in [0.2, 0.25) is 0 Å². The molecule has 4 heteroatoms. The van der Waals surface area contributed by atoms with Crippen molar-refractivity contribution >= 4 is 11.5 Å². The molecule has 3 aliphatic rings. The number of nitrogens with zero attached hydrogens (tertiary/aromatic N) is 2. The molecule has 4 unspecified atom stereocenters. The van der Waals surface area contributed by atoms with Gasteiger partial charge in [0.05, 0.1) is 12.2 Å². The second-order valence-electron chi connectivity index (χ2n) is 5.25. The van der Waals surface area contributed by atoms with Gasteiger partial charge in [-0.1, -0.05) is 0 Å². The van der Waals surface area contributed by atoms with Crippen LogP contribution in [0, 0.1) is 5.92 Å². The highest BCUT2D eigenvalue weighted by Gasteiger charge is 2.50. The van der Waals surface area contributed by atoms with Gasteiger partial charge in [0, 0.05) is 24.2 Å². The quantitative estimate of drug-likeness (QED) is 0.698. The Balaban J connectivity index is 1.86. The number of carbonyl (C=O) groups excluding carboxylic acids is 1.